The Balaban J connectivity index is 1.23. The van der Waals surface area contributed by atoms with Gasteiger partial charge in [0.25, 0.3) is 0 Å². The second-order valence-corrected chi connectivity index (χ2v) is 16.3. The molecule has 1 saturated heterocycles. The van der Waals surface area contributed by atoms with Gasteiger partial charge >= 0.3 is 5.92 Å². The number of hydrogen-bond donors (Lipinski definition) is 0. The molecular formula is C51H48F2O5S. The summed E-state index contributed by atoms with van der Waals surface area (Å²) >= 11 is 1.76. The summed E-state index contributed by atoms with van der Waals surface area (Å²) in [6.45, 7) is 4.23. The standard InChI is InChI=1S/C51H48F2O5S/c1-35-36(2)47(55-31-38-19-9-4-10-20-38)44(29-42(35)28-43-27-41-25-15-16-26-45(41)59-43)48-49(56-32-39-21-11-5-12-22-39)50(57-33-40-23-13-6-14-24-40)51(52,53)46(58-48)34-54-30-37-17-7-3-8-18-37/h3-27,29,46,48-50H,28,30-34H2,1-2H3/t46-,48+,49+,50-/m1/s1. The number of fused-ring (bicyclic) bond motifs is 1. The van der Waals surface area contributed by atoms with Crippen molar-refractivity contribution in [3.05, 3.63) is 207 Å². The predicted molar refractivity (Wildman–Crippen MR) is 230 cm³/mol. The van der Waals surface area contributed by atoms with Crippen LogP contribution >= 0.6 is 11.3 Å². The molecule has 6 aromatic carbocycles. The minimum absolute atomic E-state index is 0.0436. The Morgan fingerprint density at radius 3 is 1.76 bits per heavy atom. The van der Waals surface area contributed by atoms with Gasteiger partial charge in [0.2, 0.25) is 0 Å². The number of hydrogen-bond acceptors (Lipinski definition) is 6. The van der Waals surface area contributed by atoms with Crippen LogP contribution in [0.15, 0.2) is 158 Å². The molecule has 8 rings (SSSR count). The summed E-state index contributed by atoms with van der Waals surface area (Å²) < 4.78 is 68.2. The van der Waals surface area contributed by atoms with E-state index in [-0.39, 0.29) is 33.0 Å². The minimum Gasteiger partial charge on any atom is -0.488 e. The van der Waals surface area contributed by atoms with Crippen molar-refractivity contribution in [3.8, 4) is 5.75 Å². The first kappa shape index (κ1) is 40.6. The van der Waals surface area contributed by atoms with Crippen molar-refractivity contribution in [1.82, 2.24) is 0 Å². The highest BCUT2D eigenvalue weighted by Gasteiger charge is 2.60. The Labute approximate surface area is 349 Å². The zero-order valence-electron chi connectivity index (χ0n) is 33.3. The first-order valence-electron chi connectivity index (χ1n) is 20.1. The van der Waals surface area contributed by atoms with Crippen LogP contribution < -0.4 is 4.74 Å². The van der Waals surface area contributed by atoms with Gasteiger partial charge < -0.3 is 23.7 Å². The van der Waals surface area contributed by atoms with E-state index >= 15 is 8.78 Å². The summed E-state index contributed by atoms with van der Waals surface area (Å²) in [5.41, 5.74) is 7.14. The Morgan fingerprint density at radius 1 is 0.610 bits per heavy atom. The number of ether oxygens (including phenoxy) is 5. The average Bonchev–Trinajstić information content (AvgIpc) is 3.68. The average molecular weight is 811 g/mol. The van der Waals surface area contributed by atoms with Crippen molar-refractivity contribution in [2.24, 2.45) is 0 Å². The van der Waals surface area contributed by atoms with Crippen LogP contribution in [0.3, 0.4) is 0 Å². The third-order valence-corrected chi connectivity index (χ3v) is 12.1. The number of alkyl halides is 2. The summed E-state index contributed by atoms with van der Waals surface area (Å²) in [6.07, 6.45) is -4.98. The molecule has 5 nitrogen and oxygen atoms in total. The van der Waals surface area contributed by atoms with Crippen LogP contribution in [0, 0.1) is 13.8 Å². The van der Waals surface area contributed by atoms with E-state index in [1.807, 2.05) is 134 Å². The van der Waals surface area contributed by atoms with Gasteiger partial charge in [-0.1, -0.05) is 140 Å². The smallest absolute Gasteiger partial charge is 0.304 e. The van der Waals surface area contributed by atoms with E-state index in [4.69, 9.17) is 23.7 Å². The SMILES string of the molecule is Cc1c(Cc2cc3ccccc3s2)cc([C@@H]2O[C@H](COCc3ccccc3)C(F)(F)[C@H](OCc3ccccc3)[C@H]2OCc2ccccc2)c(OCc2ccccc2)c1C. The first-order chi connectivity index (χ1) is 28.8. The molecule has 0 amide bonds. The van der Waals surface area contributed by atoms with Gasteiger partial charge in [-0.05, 0) is 76.4 Å². The van der Waals surface area contributed by atoms with Crippen molar-refractivity contribution in [2.45, 2.75) is 77.0 Å². The molecule has 7 aromatic rings. The lowest BCUT2D eigenvalue weighted by Gasteiger charge is -2.46. The van der Waals surface area contributed by atoms with Crippen LogP contribution in [0.1, 0.15) is 55.5 Å². The van der Waals surface area contributed by atoms with Crippen LogP contribution in [0.25, 0.3) is 10.1 Å². The van der Waals surface area contributed by atoms with Gasteiger partial charge in [0.15, 0.2) is 6.10 Å². The van der Waals surface area contributed by atoms with Crippen LogP contribution in [-0.2, 0) is 51.8 Å². The summed E-state index contributed by atoms with van der Waals surface area (Å²) in [4.78, 5) is 1.20. The second kappa shape index (κ2) is 18.8. The highest BCUT2D eigenvalue weighted by atomic mass is 32.1. The van der Waals surface area contributed by atoms with Crippen molar-refractivity contribution < 1.29 is 32.5 Å². The quantitative estimate of drug-likeness (QED) is 0.0973. The van der Waals surface area contributed by atoms with Gasteiger partial charge in [0, 0.05) is 21.6 Å². The lowest BCUT2D eigenvalue weighted by atomic mass is 9.86. The summed E-state index contributed by atoms with van der Waals surface area (Å²) in [5, 5.41) is 1.19. The predicted octanol–water partition coefficient (Wildman–Crippen LogP) is 12.2. The molecule has 1 aliphatic heterocycles. The van der Waals surface area contributed by atoms with E-state index in [1.165, 1.54) is 15.0 Å². The Hall–Kier alpha value is -5.22. The Bertz CT molecular complexity index is 2370. The van der Waals surface area contributed by atoms with Crippen molar-refractivity contribution >= 4 is 21.4 Å². The van der Waals surface area contributed by atoms with Crippen LogP contribution in [0.5, 0.6) is 5.75 Å². The molecule has 302 valence electrons. The van der Waals surface area contributed by atoms with Crippen LogP contribution in [-0.4, -0.2) is 30.8 Å². The number of rotatable bonds is 16. The van der Waals surface area contributed by atoms with Crippen molar-refractivity contribution in [2.75, 3.05) is 6.61 Å². The van der Waals surface area contributed by atoms with E-state index in [1.54, 1.807) is 11.3 Å². The molecule has 0 unspecified atom stereocenters. The van der Waals surface area contributed by atoms with Gasteiger partial charge in [-0.25, -0.2) is 8.78 Å². The molecule has 1 fully saturated rings. The maximum atomic E-state index is 17.3. The maximum absolute atomic E-state index is 17.3. The molecule has 1 aromatic heterocycles. The molecule has 0 spiro atoms. The largest absolute Gasteiger partial charge is 0.488 e. The highest BCUT2D eigenvalue weighted by molar-refractivity contribution is 7.19. The Kier molecular flexibility index (Phi) is 12.9. The minimum atomic E-state index is -3.51. The third kappa shape index (κ3) is 9.65. The fourth-order valence-corrected chi connectivity index (χ4v) is 8.78. The first-order valence-corrected chi connectivity index (χ1v) is 20.9. The second-order valence-electron chi connectivity index (χ2n) is 15.1. The normalized spacial score (nSPS) is 18.8. The summed E-state index contributed by atoms with van der Waals surface area (Å²) in [7, 11) is 0. The van der Waals surface area contributed by atoms with E-state index < -0.39 is 30.3 Å². The number of halogens is 2. The zero-order valence-corrected chi connectivity index (χ0v) is 34.1. The van der Waals surface area contributed by atoms with Crippen LogP contribution in [0.4, 0.5) is 8.78 Å². The fraction of sp³-hybridized carbons (Fsp3) is 0.255. The summed E-state index contributed by atoms with van der Waals surface area (Å²) in [6, 6.07) is 51.1. The van der Waals surface area contributed by atoms with Gasteiger partial charge in [-0.2, -0.15) is 0 Å². The van der Waals surface area contributed by atoms with Gasteiger partial charge in [-0.3, -0.25) is 0 Å². The van der Waals surface area contributed by atoms with Gasteiger partial charge in [-0.15, -0.1) is 11.3 Å². The maximum Gasteiger partial charge on any atom is 0.304 e. The molecule has 0 radical (unpaired) electrons. The summed E-state index contributed by atoms with van der Waals surface area (Å²) in [5.74, 6) is -2.92. The molecule has 1 aliphatic rings. The zero-order chi connectivity index (χ0) is 40.6. The van der Waals surface area contributed by atoms with E-state index in [0.717, 1.165) is 38.9 Å². The molecule has 0 saturated carbocycles. The molecule has 8 heteroatoms. The highest BCUT2D eigenvalue weighted by Crippen LogP contribution is 2.48. The van der Waals surface area contributed by atoms with E-state index in [9.17, 15) is 0 Å². The van der Waals surface area contributed by atoms with Crippen molar-refractivity contribution in [3.63, 3.8) is 0 Å². The molecular weight excluding hydrogens is 763 g/mol. The molecule has 0 bridgehead atoms. The molecule has 2 heterocycles. The molecule has 59 heavy (non-hydrogen) atoms. The van der Waals surface area contributed by atoms with Gasteiger partial charge in [0.1, 0.15) is 30.7 Å². The van der Waals surface area contributed by atoms with Gasteiger partial charge in [0.05, 0.1) is 26.4 Å². The molecule has 0 aliphatic carbocycles. The Morgan fingerprint density at radius 2 is 1.15 bits per heavy atom. The van der Waals surface area contributed by atoms with E-state index in [0.29, 0.717) is 17.7 Å². The molecule has 4 atom stereocenters. The van der Waals surface area contributed by atoms with Crippen molar-refractivity contribution in [1.29, 1.82) is 0 Å². The lowest BCUT2D eigenvalue weighted by Crippen LogP contribution is -2.61. The third-order valence-electron chi connectivity index (χ3n) is 11.0. The number of thiophene rings is 1. The topological polar surface area (TPSA) is 46.2 Å². The van der Waals surface area contributed by atoms with E-state index in [2.05, 4.69) is 37.3 Å². The van der Waals surface area contributed by atoms with Crippen LogP contribution in [0.2, 0.25) is 0 Å². The lowest BCUT2D eigenvalue weighted by molar-refractivity contribution is -0.320. The molecule has 0 N–H and O–H groups in total. The monoisotopic (exact) mass is 810 g/mol. The number of benzene rings is 6. The fourth-order valence-electron chi connectivity index (χ4n) is 7.69.